The minimum atomic E-state index is -6.72. The molecule has 1 rings (SSSR count). The lowest BCUT2D eigenvalue weighted by Gasteiger charge is -2.20. The van der Waals surface area contributed by atoms with Gasteiger partial charge < -0.3 is 12.5 Å². The van der Waals surface area contributed by atoms with Crippen molar-refractivity contribution in [3.05, 3.63) is 13.4 Å². The third-order valence-corrected chi connectivity index (χ3v) is 7.65. The third-order valence-electron chi connectivity index (χ3n) is 2.63. The summed E-state index contributed by atoms with van der Waals surface area (Å²) in [6, 6.07) is 0. The summed E-state index contributed by atoms with van der Waals surface area (Å²) in [5, 5.41) is 0. The van der Waals surface area contributed by atoms with Gasteiger partial charge in [-0.25, -0.2) is 0 Å². The van der Waals surface area contributed by atoms with E-state index in [2.05, 4.69) is 60.3 Å². The van der Waals surface area contributed by atoms with Crippen molar-refractivity contribution in [3.8, 4) is 17.2 Å². The van der Waals surface area contributed by atoms with Gasteiger partial charge >= 0.3 is 46.9 Å². The molecule has 33 heavy (non-hydrogen) atoms. The van der Waals surface area contributed by atoms with Gasteiger partial charge in [0.15, 0.2) is 17.2 Å². The van der Waals surface area contributed by atoms with Gasteiger partial charge in [0.1, 0.15) is 13.4 Å². The van der Waals surface area contributed by atoms with Crippen LogP contribution in [0.25, 0.3) is 0 Å². The molecule has 0 spiro atoms. The fraction of sp³-hybridized carbons (Fsp3) is 0.333. The fourth-order valence-electron chi connectivity index (χ4n) is 1.29. The highest BCUT2D eigenvalue weighted by Gasteiger charge is 2.53. The molecule has 0 aliphatic rings. The minimum absolute atomic E-state index is 1.49. The molecule has 1 aromatic carbocycles. The number of benzene rings is 1. The Bertz CT molecular complexity index is 1090. The molecule has 0 aliphatic carbocycles. The van der Waals surface area contributed by atoms with E-state index in [0.29, 0.717) is 0 Å². The topological polar surface area (TPSA) is 130 Å². The molecule has 1 aromatic rings. The summed E-state index contributed by atoms with van der Waals surface area (Å²) in [5.74, 6) is -5.72. The van der Waals surface area contributed by atoms with E-state index < -0.39 is 77.5 Å². The number of rotatable bonds is 6. The van der Waals surface area contributed by atoms with Crippen LogP contribution in [0.3, 0.4) is 0 Å². The van der Waals surface area contributed by atoms with E-state index in [1.807, 2.05) is 0 Å². The van der Waals surface area contributed by atoms with E-state index >= 15 is 0 Å². The molecule has 0 unspecified atom stereocenters. The normalized spacial score (nSPS) is 14.2. The first-order valence-electron chi connectivity index (χ1n) is 6.49. The van der Waals surface area contributed by atoms with Gasteiger partial charge in [-0.15, -0.1) is 0 Å². The standard InChI is InChI=1S/C9Br3F9O9S3/c10-1-4(28-31(22,23)7(13,14)15)2(11)6(30-33(26,27)9(19,20)21)3(12)5(1)29-32(24,25)8(16,17)18. The van der Waals surface area contributed by atoms with Crippen LogP contribution >= 0.6 is 47.8 Å². The first-order chi connectivity index (χ1) is 14.3. The van der Waals surface area contributed by atoms with Gasteiger partial charge in [-0.1, -0.05) is 0 Å². The molecule has 0 atom stereocenters. The molecule has 0 aliphatic heterocycles. The summed E-state index contributed by atoms with van der Waals surface area (Å²) in [5.41, 5.74) is -18.7. The second-order valence-corrected chi connectivity index (χ2v) is 11.9. The molecule has 0 aromatic heterocycles. The van der Waals surface area contributed by atoms with Crippen LogP contribution in [-0.2, 0) is 30.4 Å². The molecule has 0 amide bonds. The van der Waals surface area contributed by atoms with Crippen molar-refractivity contribution in [1.29, 1.82) is 0 Å². The second kappa shape index (κ2) is 9.05. The zero-order valence-electron chi connectivity index (χ0n) is 13.9. The van der Waals surface area contributed by atoms with Gasteiger partial charge in [0.05, 0.1) is 0 Å². The highest BCUT2D eigenvalue weighted by atomic mass is 79.9. The maximum absolute atomic E-state index is 12.6. The lowest BCUT2D eigenvalue weighted by atomic mass is 10.3. The number of hydrogen-bond donors (Lipinski definition) is 0. The fourth-order valence-corrected chi connectivity index (χ4v) is 5.85. The summed E-state index contributed by atoms with van der Waals surface area (Å²) in [7, 11) is -20.1. The average molecular weight is 759 g/mol. The SMILES string of the molecule is O=S(=O)(Oc1c(Br)c(OS(=O)(=O)C(F)(F)F)c(Br)c(OS(=O)(=O)C(F)(F)F)c1Br)C(F)(F)F. The Morgan fingerprint density at radius 3 is 0.727 bits per heavy atom. The van der Waals surface area contributed by atoms with Gasteiger partial charge in [-0.3, -0.25) is 0 Å². The molecule has 0 heterocycles. The molecule has 192 valence electrons. The van der Waals surface area contributed by atoms with Crippen LogP contribution < -0.4 is 12.5 Å². The van der Waals surface area contributed by atoms with Crippen molar-refractivity contribution < 1.29 is 77.3 Å². The average Bonchev–Trinajstić information content (AvgIpc) is 2.56. The lowest BCUT2D eigenvalue weighted by molar-refractivity contribution is -0.0502. The van der Waals surface area contributed by atoms with Crippen LogP contribution in [-0.4, -0.2) is 41.8 Å². The van der Waals surface area contributed by atoms with Crippen molar-refractivity contribution in [2.75, 3.05) is 0 Å². The van der Waals surface area contributed by atoms with Gasteiger partial charge in [-0.2, -0.15) is 64.8 Å². The Morgan fingerprint density at radius 1 is 0.455 bits per heavy atom. The van der Waals surface area contributed by atoms with Crippen molar-refractivity contribution in [2.45, 2.75) is 16.5 Å². The van der Waals surface area contributed by atoms with Gasteiger partial charge in [0, 0.05) is 0 Å². The van der Waals surface area contributed by atoms with E-state index in [1.54, 1.807) is 0 Å². The first-order valence-corrected chi connectivity index (χ1v) is 13.1. The largest absolute Gasteiger partial charge is 0.534 e. The van der Waals surface area contributed by atoms with Crippen LogP contribution in [0, 0.1) is 0 Å². The summed E-state index contributed by atoms with van der Waals surface area (Å²) >= 11 is 6.52. The Labute approximate surface area is 201 Å². The van der Waals surface area contributed by atoms with E-state index in [0.717, 1.165) is 0 Å². The van der Waals surface area contributed by atoms with E-state index in [-0.39, 0.29) is 0 Å². The molecular weight excluding hydrogens is 759 g/mol. The zero-order chi connectivity index (χ0) is 26.6. The monoisotopic (exact) mass is 756 g/mol. The predicted molar refractivity (Wildman–Crippen MR) is 96.4 cm³/mol. The Morgan fingerprint density at radius 2 is 0.606 bits per heavy atom. The highest BCUT2D eigenvalue weighted by molar-refractivity contribution is 9.12. The highest BCUT2D eigenvalue weighted by Crippen LogP contribution is 2.54. The van der Waals surface area contributed by atoms with Crippen LogP contribution in [0.1, 0.15) is 0 Å². The first kappa shape index (κ1) is 30.3. The molecule has 0 radical (unpaired) electrons. The molecule has 0 bridgehead atoms. The quantitative estimate of drug-likeness (QED) is 0.231. The van der Waals surface area contributed by atoms with E-state index in [9.17, 15) is 64.8 Å². The van der Waals surface area contributed by atoms with Crippen LogP contribution in [0.5, 0.6) is 17.2 Å². The molecule has 0 fully saturated rings. The second-order valence-electron chi connectivity index (χ2n) is 4.88. The number of alkyl halides is 9. The molecule has 0 saturated carbocycles. The van der Waals surface area contributed by atoms with Crippen LogP contribution in [0.4, 0.5) is 39.5 Å². The van der Waals surface area contributed by atoms with Crippen LogP contribution in [0.15, 0.2) is 13.4 Å². The molecule has 0 saturated heterocycles. The van der Waals surface area contributed by atoms with E-state index in [1.165, 1.54) is 0 Å². The number of halogens is 12. The molecule has 0 N–H and O–H groups in total. The maximum atomic E-state index is 12.6. The summed E-state index contributed by atoms with van der Waals surface area (Å²) in [4.78, 5) is 0. The zero-order valence-corrected chi connectivity index (χ0v) is 21.1. The van der Waals surface area contributed by atoms with Gasteiger partial charge in [-0.05, 0) is 47.8 Å². The Balaban J connectivity index is 4.02. The minimum Gasteiger partial charge on any atom is -0.373 e. The predicted octanol–water partition coefficient (Wildman–Crippen LogP) is 4.66. The smallest absolute Gasteiger partial charge is 0.373 e. The van der Waals surface area contributed by atoms with Crippen molar-refractivity contribution in [1.82, 2.24) is 0 Å². The lowest BCUT2D eigenvalue weighted by Crippen LogP contribution is -2.30. The summed E-state index contributed by atoms with van der Waals surface area (Å²) in [6.45, 7) is 0. The Kier molecular flexibility index (Phi) is 8.32. The third kappa shape index (κ3) is 6.29. The van der Waals surface area contributed by atoms with Crippen molar-refractivity contribution in [3.63, 3.8) is 0 Å². The van der Waals surface area contributed by atoms with Gasteiger partial charge in [0.25, 0.3) is 0 Å². The molecule has 24 heteroatoms. The maximum Gasteiger partial charge on any atom is 0.534 e. The molecule has 9 nitrogen and oxygen atoms in total. The van der Waals surface area contributed by atoms with Gasteiger partial charge in [0.2, 0.25) is 0 Å². The molecular formula is C9Br3F9O9S3. The summed E-state index contributed by atoms with van der Waals surface area (Å²) in [6.07, 6.45) is 0. The summed E-state index contributed by atoms with van der Waals surface area (Å²) < 4.78 is 187. The van der Waals surface area contributed by atoms with Crippen LogP contribution in [0.2, 0.25) is 0 Å². The van der Waals surface area contributed by atoms with Crippen molar-refractivity contribution >= 4 is 78.1 Å². The van der Waals surface area contributed by atoms with Crippen molar-refractivity contribution in [2.24, 2.45) is 0 Å². The van der Waals surface area contributed by atoms with E-state index in [4.69, 9.17) is 0 Å². The Hall–Kier alpha value is -0.720. The number of hydrogen-bond acceptors (Lipinski definition) is 9.